The van der Waals surface area contributed by atoms with Gasteiger partial charge in [-0.15, -0.1) is 0 Å². The van der Waals surface area contributed by atoms with Crippen molar-refractivity contribution in [2.75, 3.05) is 5.32 Å². The van der Waals surface area contributed by atoms with E-state index in [9.17, 15) is 4.79 Å². The van der Waals surface area contributed by atoms with Crippen LogP contribution in [0.4, 0.5) is 11.4 Å². The second-order valence-electron chi connectivity index (χ2n) is 3.95. The number of carboxylic acid groups (broad SMARTS) is 1. The zero-order valence-electron chi connectivity index (χ0n) is 11.2. The van der Waals surface area contributed by atoms with Crippen LogP contribution in [-0.2, 0) is 11.2 Å². The molecule has 3 nitrogen and oxygen atoms in total. The molecule has 0 fully saturated rings. The number of halogens is 3. The van der Waals surface area contributed by atoms with Gasteiger partial charge in [0.05, 0.1) is 22.2 Å². The average molecular weight is 371 g/mol. The number of nitrogens with one attached hydrogen (secondary N) is 1. The van der Waals surface area contributed by atoms with E-state index in [0.29, 0.717) is 27.0 Å². The first kappa shape index (κ1) is 21.2. The number of rotatable bonds is 4. The van der Waals surface area contributed by atoms with Crippen molar-refractivity contribution >= 4 is 40.5 Å². The van der Waals surface area contributed by atoms with Crippen LogP contribution in [0.15, 0.2) is 42.5 Å². The van der Waals surface area contributed by atoms with Crippen LogP contribution < -0.4 is 69.1 Å². The number of carboxylic acids is 1. The maximum Gasteiger partial charge on any atom is 1.00 e. The van der Waals surface area contributed by atoms with E-state index >= 15 is 0 Å². The van der Waals surface area contributed by atoms with Crippen molar-refractivity contribution in [1.82, 2.24) is 0 Å². The maximum absolute atomic E-state index is 10.8. The maximum atomic E-state index is 10.8. The number of aliphatic carboxylic acids is 1. The minimum Gasteiger partial charge on any atom is -1.00 e. The molecule has 0 radical (unpaired) electrons. The molecule has 0 bridgehead atoms. The van der Waals surface area contributed by atoms with Gasteiger partial charge in [0.15, 0.2) is 0 Å². The molecule has 0 atom stereocenters. The summed E-state index contributed by atoms with van der Waals surface area (Å²) in [5, 5.41) is 12.9. The molecule has 2 N–H and O–H groups in total. The first-order chi connectivity index (χ1) is 9.08. The van der Waals surface area contributed by atoms with Gasteiger partial charge in [0, 0.05) is 5.69 Å². The van der Waals surface area contributed by atoms with Crippen LogP contribution in [0, 0.1) is 0 Å². The Morgan fingerprint density at radius 1 is 1.05 bits per heavy atom. The molecule has 0 aliphatic heterocycles. The SMILES string of the molecule is O=C(O)Cc1ccccc1Nc1c(Cl)cccc1Cl.[Cl-].[K+]. The van der Waals surface area contributed by atoms with Crippen LogP contribution in [0.3, 0.4) is 0 Å². The zero-order valence-corrected chi connectivity index (χ0v) is 16.6. The van der Waals surface area contributed by atoms with Crippen molar-refractivity contribution in [3.63, 3.8) is 0 Å². The van der Waals surface area contributed by atoms with Gasteiger partial charge in [0.1, 0.15) is 0 Å². The average Bonchev–Trinajstić information content (AvgIpc) is 2.35. The molecule has 0 aromatic heterocycles. The van der Waals surface area contributed by atoms with Gasteiger partial charge in [0.2, 0.25) is 0 Å². The Bertz CT molecular complexity index is 603. The van der Waals surface area contributed by atoms with Crippen LogP contribution >= 0.6 is 23.2 Å². The van der Waals surface area contributed by atoms with Gasteiger partial charge in [-0.05, 0) is 23.8 Å². The van der Waals surface area contributed by atoms with E-state index in [1.807, 2.05) is 6.07 Å². The van der Waals surface area contributed by atoms with E-state index in [4.69, 9.17) is 28.3 Å². The molecule has 106 valence electrons. The predicted molar refractivity (Wildman–Crippen MR) is 77.5 cm³/mol. The molecule has 7 heteroatoms. The van der Waals surface area contributed by atoms with E-state index < -0.39 is 5.97 Å². The first-order valence-corrected chi connectivity index (χ1v) is 6.34. The Hall–Kier alpha value is 0.216. The van der Waals surface area contributed by atoms with Crippen molar-refractivity contribution in [3.05, 3.63) is 58.1 Å². The van der Waals surface area contributed by atoms with Crippen LogP contribution in [0.2, 0.25) is 10.0 Å². The molecule has 0 saturated heterocycles. The van der Waals surface area contributed by atoms with Gasteiger partial charge in [-0.1, -0.05) is 47.5 Å². The fourth-order valence-electron chi connectivity index (χ4n) is 1.71. The summed E-state index contributed by atoms with van der Waals surface area (Å²) < 4.78 is 0. The Morgan fingerprint density at radius 3 is 2.19 bits per heavy atom. The van der Waals surface area contributed by atoms with E-state index in [-0.39, 0.29) is 70.2 Å². The van der Waals surface area contributed by atoms with Crippen molar-refractivity contribution < 1.29 is 73.7 Å². The molecule has 0 spiro atoms. The Kier molecular flexibility index (Phi) is 10.2. The minimum atomic E-state index is -0.889. The Labute approximate surface area is 181 Å². The van der Waals surface area contributed by atoms with E-state index in [0.717, 1.165) is 0 Å². The molecule has 0 aliphatic carbocycles. The minimum absolute atomic E-state index is 0. The number of para-hydroxylation sites is 2. The molecule has 2 aromatic rings. The second-order valence-corrected chi connectivity index (χ2v) is 4.76. The third-order valence-corrected chi connectivity index (χ3v) is 3.21. The largest absolute Gasteiger partial charge is 1.00 e. The van der Waals surface area contributed by atoms with Crippen molar-refractivity contribution in [1.29, 1.82) is 0 Å². The molecule has 0 amide bonds. The Morgan fingerprint density at radius 2 is 1.62 bits per heavy atom. The van der Waals surface area contributed by atoms with Crippen LogP contribution in [0.25, 0.3) is 0 Å². The third-order valence-electron chi connectivity index (χ3n) is 2.58. The van der Waals surface area contributed by atoms with E-state index in [1.165, 1.54) is 0 Å². The monoisotopic (exact) mass is 369 g/mol. The first-order valence-electron chi connectivity index (χ1n) is 5.58. The predicted octanol–water partition coefficient (Wildman–Crippen LogP) is -1.63. The summed E-state index contributed by atoms with van der Waals surface area (Å²) in [5.41, 5.74) is 1.93. The zero-order chi connectivity index (χ0) is 13.8. The standard InChI is InChI=1S/C14H11Cl2NO2.ClH.K/c15-10-5-3-6-11(16)14(10)17-12-7-2-1-4-9(12)8-13(18)19;;/h1-7,17H,8H2,(H,18,19);1H;/q;;+1/p-1. The quantitative estimate of drug-likeness (QED) is 0.636. The summed E-state index contributed by atoms with van der Waals surface area (Å²) in [5.74, 6) is -0.889. The summed E-state index contributed by atoms with van der Waals surface area (Å²) in [6.07, 6.45) is -0.0642. The molecule has 2 aromatic carbocycles. The number of hydrogen-bond donors (Lipinski definition) is 2. The molecule has 0 aliphatic rings. The van der Waals surface area contributed by atoms with Crippen LogP contribution in [0.5, 0.6) is 0 Å². The smallest absolute Gasteiger partial charge is 1.00 e. The Balaban J connectivity index is 0.00000200. The normalized spacial score (nSPS) is 9.24. The second kappa shape index (κ2) is 10.1. The number of benzene rings is 2. The summed E-state index contributed by atoms with van der Waals surface area (Å²) in [6, 6.07) is 12.3. The molecule has 0 unspecified atom stereocenters. The van der Waals surface area contributed by atoms with Gasteiger partial charge in [-0.25, -0.2) is 0 Å². The summed E-state index contributed by atoms with van der Waals surface area (Å²) >= 11 is 12.1. The fraction of sp³-hybridized carbons (Fsp3) is 0.0714. The molecule has 0 saturated carbocycles. The molecule has 2 rings (SSSR count). The van der Waals surface area contributed by atoms with Gasteiger partial charge in [-0.3, -0.25) is 4.79 Å². The van der Waals surface area contributed by atoms with Crippen molar-refractivity contribution in [3.8, 4) is 0 Å². The van der Waals surface area contributed by atoms with Crippen LogP contribution in [-0.4, -0.2) is 11.1 Å². The summed E-state index contributed by atoms with van der Waals surface area (Å²) in [7, 11) is 0. The molecule has 21 heavy (non-hydrogen) atoms. The third kappa shape index (κ3) is 6.08. The number of carbonyl (C=O) groups is 1. The van der Waals surface area contributed by atoms with Crippen molar-refractivity contribution in [2.24, 2.45) is 0 Å². The number of anilines is 2. The van der Waals surface area contributed by atoms with Crippen molar-refractivity contribution in [2.45, 2.75) is 6.42 Å². The summed E-state index contributed by atoms with van der Waals surface area (Å²) in [6.45, 7) is 0. The van der Waals surface area contributed by atoms with Gasteiger partial charge in [-0.2, -0.15) is 0 Å². The fourth-order valence-corrected chi connectivity index (χ4v) is 2.20. The number of hydrogen-bond acceptors (Lipinski definition) is 2. The van der Waals surface area contributed by atoms with E-state index in [2.05, 4.69) is 5.32 Å². The molecule has 0 heterocycles. The van der Waals surface area contributed by atoms with E-state index in [1.54, 1.807) is 36.4 Å². The topological polar surface area (TPSA) is 49.3 Å². The van der Waals surface area contributed by atoms with Gasteiger partial charge < -0.3 is 22.8 Å². The molecular formula is C14H11Cl3KNO2. The molecular weight excluding hydrogens is 360 g/mol. The van der Waals surface area contributed by atoms with Crippen LogP contribution in [0.1, 0.15) is 5.56 Å². The van der Waals surface area contributed by atoms with Gasteiger partial charge in [0.25, 0.3) is 0 Å². The van der Waals surface area contributed by atoms with Gasteiger partial charge >= 0.3 is 57.4 Å². The summed E-state index contributed by atoms with van der Waals surface area (Å²) in [4.78, 5) is 10.8.